The van der Waals surface area contributed by atoms with Gasteiger partial charge in [-0.05, 0) is 49.4 Å². The molecule has 0 saturated heterocycles. The summed E-state index contributed by atoms with van der Waals surface area (Å²) in [4.78, 5) is 17.4. The second-order valence-corrected chi connectivity index (χ2v) is 7.76. The van der Waals surface area contributed by atoms with E-state index in [-0.39, 0.29) is 17.5 Å². The molecule has 2 aromatic carbocycles. The number of carbonyl (C=O) groups is 1. The third-order valence-corrected chi connectivity index (χ3v) is 5.74. The second kappa shape index (κ2) is 6.62. The van der Waals surface area contributed by atoms with Crippen LogP contribution in [0.1, 0.15) is 45.2 Å². The van der Waals surface area contributed by atoms with Crippen LogP contribution in [0.4, 0.5) is 4.39 Å². The Morgan fingerprint density at radius 2 is 1.86 bits per heavy atom. The minimum Gasteiger partial charge on any atom is -0.294 e. The predicted molar refractivity (Wildman–Crippen MR) is 110 cm³/mol. The Morgan fingerprint density at radius 3 is 2.62 bits per heavy atom. The van der Waals surface area contributed by atoms with Gasteiger partial charge in [-0.3, -0.25) is 4.79 Å². The lowest BCUT2D eigenvalue weighted by Crippen LogP contribution is -2.22. The number of fused-ring (bicyclic) bond motifs is 3. The van der Waals surface area contributed by atoms with E-state index in [9.17, 15) is 9.18 Å². The van der Waals surface area contributed by atoms with Crippen molar-refractivity contribution in [2.45, 2.75) is 32.6 Å². The molecule has 2 heterocycles. The van der Waals surface area contributed by atoms with Crippen molar-refractivity contribution in [1.29, 1.82) is 0 Å². The van der Waals surface area contributed by atoms with Crippen molar-refractivity contribution in [1.82, 2.24) is 14.6 Å². The number of aromatic nitrogens is 3. The minimum atomic E-state index is -0.278. The van der Waals surface area contributed by atoms with Crippen molar-refractivity contribution in [2.24, 2.45) is 0 Å². The van der Waals surface area contributed by atoms with Crippen LogP contribution in [-0.2, 0) is 6.42 Å². The maximum Gasteiger partial charge on any atom is 0.166 e. The van der Waals surface area contributed by atoms with Gasteiger partial charge in [-0.25, -0.2) is 13.9 Å². The Morgan fingerprint density at radius 1 is 1.07 bits per heavy atom. The maximum atomic E-state index is 13.4. The van der Waals surface area contributed by atoms with Crippen molar-refractivity contribution in [3.8, 4) is 11.1 Å². The molecule has 0 aliphatic heterocycles. The molecule has 1 atom stereocenters. The Labute approximate surface area is 168 Å². The molecule has 0 bridgehead atoms. The molecule has 1 unspecified atom stereocenters. The van der Waals surface area contributed by atoms with Crippen LogP contribution in [0, 0.1) is 19.7 Å². The zero-order valence-corrected chi connectivity index (χ0v) is 16.3. The van der Waals surface area contributed by atoms with Gasteiger partial charge in [0.05, 0.1) is 17.0 Å². The molecule has 4 aromatic rings. The first kappa shape index (κ1) is 17.7. The lowest BCUT2D eigenvalue weighted by molar-refractivity contribution is 0.0962. The van der Waals surface area contributed by atoms with E-state index < -0.39 is 0 Å². The van der Waals surface area contributed by atoms with E-state index in [2.05, 4.69) is 30.1 Å². The van der Waals surface area contributed by atoms with Gasteiger partial charge in [0.25, 0.3) is 0 Å². The van der Waals surface area contributed by atoms with E-state index in [4.69, 9.17) is 5.10 Å². The van der Waals surface area contributed by atoms with E-state index in [1.54, 1.807) is 18.3 Å². The summed E-state index contributed by atoms with van der Waals surface area (Å²) in [5.74, 6) is -0.0530. The Bertz CT molecular complexity index is 1260. The summed E-state index contributed by atoms with van der Waals surface area (Å²) in [5, 5.41) is 4.71. The number of Topliss-reactive ketones (excluding diaryl/α,β-unsaturated/α-hetero) is 1. The zero-order valence-electron chi connectivity index (χ0n) is 16.3. The molecule has 0 amide bonds. The standard InChI is InChI=1S/C24H20FN3O/c1-14-4-3-5-17(10-14)18-11-21-20(22(29)12-18)13-26-24-23(15(2)27-28(21)24)16-6-8-19(25)9-7-16/h3-10,13,18H,11-12H2,1-2H3. The van der Waals surface area contributed by atoms with E-state index in [1.807, 2.05) is 17.5 Å². The van der Waals surface area contributed by atoms with Gasteiger partial charge in [-0.1, -0.05) is 42.0 Å². The van der Waals surface area contributed by atoms with Crippen molar-refractivity contribution >= 4 is 11.4 Å². The molecule has 5 rings (SSSR count). The zero-order chi connectivity index (χ0) is 20.1. The van der Waals surface area contributed by atoms with Gasteiger partial charge < -0.3 is 0 Å². The predicted octanol–water partition coefficient (Wildman–Crippen LogP) is 5.06. The minimum absolute atomic E-state index is 0.101. The van der Waals surface area contributed by atoms with Crippen molar-refractivity contribution < 1.29 is 9.18 Å². The molecule has 1 aliphatic rings. The van der Waals surface area contributed by atoms with Gasteiger partial charge in [0.1, 0.15) is 5.82 Å². The number of benzene rings is 2. The number of carbonyl (C=O) groups excluding carboxylic acids is 1. The van der Waals surface area contributed by atoms with Gasteiger partial charge in [0, 0.05) is 18.2 Å². The molecule has 144 valence electrons. The monoisotopic (exact) mass is 385 g/mol. The van der Waals surface area contributed by atoms with Crippen LogP contribution in [0.25, 0.3) is 16.8 Å². The highest BCUT2D eigenvalue weighted by atomic mass is 19.1. The van der Waals surface area contributed by atoms with Crippen molar-refractivity contribution in [3.05, 3.63) is 88.6 Å². The maximum absolute atomic E-state index is 13.4. The third-order valence-electron chi connectivity index (χ3n) is 5.74. The van der Waals surface area contributed by atoms with E-state index in [0.717, 1.165) is 28.9 Å². The second-order valence-electron chi connectivity index (χ2n) is 7.76. The summed E-state index contributed by atoms with van der Waals surface area (Å²) in [6, 6.07) is 14.7. The molecule has 1 aliphatic carbocycles. The average Bonchev–Trinajstić information content (AvgIpc) is 3.05. The summed E-state index contributed by atoms with van der Waals surface area (Å²) in [6.45, 7) is 3.98. The van der Waals surface area contributed by atoms with Gasteiger partial charge >= 0.3 is 0 Å². The Balaban J connectivity index is 1.66. The molecule has 4 nitrogen and oxygen atoms in total. The first-order valence-corrected chi connectivity index (χ1v) is 9.74. The van der Waals surface area contributed by atoms with Gasteiger partial charge in [-0.2, -0.15) is 5.10 Å². The van der Waals surface area contributed by atoms with Gasteiger partial charge in [0.2, 0.25) is 0 Å². The SMILES string of the molecule is Cc1cccc(C2CC(=O)c3cnc4c(-c5ccc(F)cc5)c(C)nn4c3C2)c1. The van der Waals surface area contributed by atoms with E-state index in [0.29, 0.717) is 17.6 Å². The van der Waals surface area contributed by atoms with Crippen molar-refractivity contribution in [2.75, 3.05) is 0 Å². The topological polar surface area (TPSA) is 47.3 Å². The quantitative estimate of drug-likeness (QED) is 0.484. The van der Waals surface area contributed by atoms with Crippen molar-refractivity contribution in [3.63, 3.8) is 0 Å². The summed E-state index contributed by atoms with van der Waals surface area (Å²) >= 11 is 0. The highest BCUT2D eigenvalue weighted by Crippen LogP contribution is 2.35. The number of hydrogen-bond acceptors (Lipinski definition) is 3. The van der Waals surface area contributed by atoms with Crippen LogP contribution in [0.5, 0.6) is 0 Å². The third kappa shape index (κ3) is 2.94. The summed E-state index contributed by atoms with van der Waals surface area (Å²) < 4.78 is 15.2. The van der Waals surface area contributed by atoms with Crippen LogP contribution in [0.15, 0.2) is 54.7 Å². The number of nitrogens with zero attached hydrogens (tertiary/aromatic N) is 3. The highest BCUT2D eigenvalue weighted by Gasteiger charge is 2.30. The van der Waals surface area contributed by atoms with E-state index >= 15 is 0 Å². The lowest BCUT2D eigenvalue weighted by Gasteiger charge is -2.24. The molecular formula is C24H20FN3O. The molecule has 0 spiro atoms. The van der Waals surface area contributed by atoms with Crippen LogP contribution in [0.3, 0.4) is 0 Å². The van der Waals surface area contributed by atoms with Crippen LogP contribution >= 0.6 is 0 Å². The molecule has 2 aromatic heterocycles. The smallest absolute Gasteiger partial charge is 0.166 e. The molecule has 0 radical (unpaired) electrons. The number of halogens is 1. The van der Waals surface area contributed by atoms with Crippen LogP contribution < -0.4 is 0 Å². The van der Waals surface area contributed by atoms with Crippen LogP contribution in [0.2, 0.25) is 0 Å². The summed E-state index contributed by atoms with van der Waals surface area (Å²) in [5.41, 5.74) is 7.16. The lowest BCUT2D eigenvalue weighted by atomic mass is 9.82. The highest BCUT2D eigenvalue weighted by molar-refractivity contribution is 5.99. The molecule has 0 fully saturated rings. The molecule has 5 heteroatoms. The summed E-state index contributed by atoms with van der Waals surface area (Å²) in [6.07, 6.45) is 2.88. The molecule has 0 saturated carbocycles. The summed E-state index contributed by atoms with van der Waals surface area (Å²) in [7, 11) is 0. The first-order valence-electron chi connectivity index (χ1n) is 9.74. The van der Waals surface area contributed by atoms with Gasteiger partial charge in [-0.15, -0.1) is 0 Å². The Hall–Kier alpha value is -3.34. The number of hydrogen-bond donors (Lipinski definition) is 0. The fourth-order valence-electron chi connectivity index (χ4n) is 4.32. The number of aryl methyl sites for hydroxylation is 2. The number of rotatable bonds is 2. The average molecular weight is 385 g/mol. The van der Waals surface area contributed by atoms with E-state index in [1.165, 1.54) is 23.3 Å². The normalized spacial score (nSPS) is 16.2. The molecular weight excluding hydrogens is 365 g/mol. The Kier molecular flexibility index (Phi) is 4.05. The first-order chi connectivity index (χ1) is 14.0. The van der Waals surface area contributed by atoms with Crippen LogP contribution in [-0.4, -0.2) is 20.4 Å². The molecule has 29 heavy (non-hydrogen) atoms. The fraction of sp³-hybridized carbons (Fsp3) is 0.208. The van der Waals surface area contributed by atoms with Gasteiger partial charge in [0.15, 0.2) is 11.4 Å². The largest absolute Gasteiger partial charge is 0.294 e. The molecule has 0 N–H and O–H groups in total. The fourth-order valence-corrected chi connectivity index (χ4v) is 4.32. The number of ketones is 1.